The number of aromatic nitrogens is 4. The Kier molecular flexibility index (Phi) is 3.28. The van der Waals surface area contributed by atoms with Crippen LogP contribution in [0.5, 0.6) is 0 Å². The summed E-state index contributed by atoms with van der Waals surface area (Å²) in [5.41, 5.74) is 1.32. The molecule has 1 aromatic carbocycles. The van der Waals surface area contributed by atoms with Gasteiger partial charge in [-0.1, -0.05) is 23.3 Å². The molecule has 0 bridgehead atoms. The number of carbonyl (C=O) groups is 1. The number of nitrogens with one attached hydrogen (secondary N) is 1. The molecule has 0 aliphatic rings. The molecular formula is C15H9N5O2S. The molecule has 0 spiro atoms. The van der Waals surface area contributed by atoms with Gasteiger partial charge in [0, 0.05) is 6.20 Å². The van der Waals surface area contributed by atoms with E-state index in [0.717, 1.165) is 10.2 Å². The van der Waals surface area contributed by atoms with Crippen molar-refractivity contribution in [3.8, 4) is 11.6 Å². The third-order valence-electron chi connectivity index (χ3n) is 3.02. The molecule has 112 valence electrons. The molecule has 23 heavy (non-hydrogen) atoms. The van der Waals surface area contributed by atoms with Crippen molar-refractivity contribution < 1.29 is 9.21 Å². The van der Waals surface area contributed by atoms with Gasteiger partial charge in [-0.15, -0.1) is 16.4 Å². The van der Waals surface area contributed by atoms with E-state index in [9.17, 15) is 4.79 Å². The van der Waals surface area contributed by atoms with Crippen LogP contribution >= 0.6 is 11.3 Å². The number of para-hydroxylation sites is 1. The number of anilines is 1. The Morgan fingerprint density at radius 3 is 2.78 bits per heavy atom. The van der Waals surface area contributed by atoms with Crippen LogP contribution in [0.2, 0.25) is 0 Å². The number of rotatable bonds is 3. The van der Waals surface area contributed by atoms with Crippen molar-refractivity contribution in [2.75, 3.05) is 5.32 Å². The van der Waals surface area contributed by atoms with Crippen LogP contribution in [0.1, 0.15) is 9.80 Å². The molecular weight excluding hydrogens is 314 g/mol. The number of nitrogens with zero attached hydrogens (tertiary/aromatic N) is 4. The molecule has 0 radical (unpaired) electrons. The Morgan fingerprint density at radius 2 is 1.96 bits per heavy atom. The summed E-state index contributed by atoms with van der Waals surface area (Å²) in [6, 6.07) is 12.9. The summed E-state index contributed by atoms with van der Waals surface area (Å²) in [4.78, 5) is 20.6. The second-order valence-corrected chi connectivity index (χ2v) is 5.60. The van der Waals surface area contributed by atoms with Crippen LogP contribution in [0.3, 0.4) is 0 Å². The molecule has 1 amide bonds. The number of pyridine rings is 1. The van der Waals surface area contributed by atoms with Crippen LogP contribution < -0.4 is 5.32 Å². The lowest BCUT2D eigenvalue weighted by Gasteiger charge is -1.95. The summed E-state index contributed by atoms with van der Waals surface area (Å²) in [7, 11) is 0. The fourth-order valence-electron chi connectivity index (χ4n) is 1.99. The second kappa shape index (κ2) is 5.58. The van der Waals surface area contributed by atoms with Gasteiger partial charge in [-0.05, 0) is 24.3 Å². The van der Waals surface area contributed by atoms with E-state index in [2.05, 4.69) is 25.5 Å². The Labute approximate surface area is 134 Å². The normalized spacial score (nSPS) is 10.8. The second-order valence-electron chi connectivity index (χ2n) is 4.57. The summed E-state index contributed by atoms with van der Waals surface area (Å²) in [6.45, 7) is 0. The Bertz CT molecular complexity index is 947. The molecule has 4 aromatic rings. The number of fused-ring (bicyclic) bond motifs is 1. The number of thiazole rings is 1. The average molecular weight is 323 g/mol. The molecule has 0 atom stereocenters. The maximum Gasteiger partial charge on any atom is 0.322 e. The van der Waals surface area contributed by atoms with Crippen molar-refractivity contribution in [2.45, 2.75) is 0 Å². The summed E-state index contributed by atoms with van der Waals surface area (Å²) in [5.74, 6) is -0.146. The van der Waals surface area contributed by atoms with Gasteiger partial charge in [0.25, 0.3) is 11.8 Å². The molecule has 7 nitrogen and oxygen atoms in total. The van der Waals surface area contributed by atoms with Crippen molar-refractivity contribution in [3.63, 3.8) is 0 Å². The Morgan fingerprint density at radius 1 is 1.09 bits per heavy atom. The predicted octanol–water partition coefficient (Wildman–Crippen LogP) is 2.99. The first-order valence-corrected chi connectivity index (χ1v) is 7.53. The summed E-state index contributed by atoms with van der Waals surface area (Å²) in [5, 5.41) is 10.6. The highest BCUT2D eigenvalue weighted by Crippen LogP contribution is 2.23. The Balaban J connectivity index is 1.56. The monoisotopic (exact) mass is 323 g/mol. The van der Waals surface area contributed by atoms with Crippen LogP contribution in [-0.4, -0.2) is 26.1 Å². The van der Waals surface area contributed by atoms with Gasteiger partial charge in [-0.3, -0.25) is 15.1 Å². The van der Waals surface area contributed by atoms with Crippen LogP contribution in [-0.2, 0) is 0 Å². The molecule has 3 heterocycles. The van der Waals surface area contributed by atoms with E-state index in [1.807, 2.05) is 30.3 Å². The number of hydrogen-bond donors (Lipinski definition) is 1. The highest BCUT2D eigenvalue weighted by molar-refractivity contribution is 7.20. The van der Waals surface area contributed by atoms with Gasteiger partial charge in [-0.2, -0.15) is 0 Å². The largest absolute Gasteiger partial charge is 0.401 e. The third kappa shape index (κ3) is 2.67. The first-order valence-electron chi connectivity index (χ1n) is 6.71. The van der Waals surface area contributed by atoms with Gasteiger partial charge < -0.3 is 4.42 Å². The minimum atomic E-state index is -0.387. The van der Waals surface area contributed by atoms with Crippen LogP contribution in [0.4, 0.5) is 6.01 Å². The SMILES string of the molecule is O=C(Nc1nnc(-c2ccccn2)o1)c1nc2ccccc2s1. The minimum Gasteiger partial charge on any atom is -0.401 e. The number of benzene rings is 1. The highest BCUT2D eigenvalue weighted by Gasteiger charge is 2.16. The quantitative estimate of drug-likeness (QED) is 0.623. The van der Waals surface area contributed by atoms with Crippen molar-refractivity contribution in [1.82, 2.24) is 20.2 Å². The van der Waals surface area contributed by atoms with E-state index >= 15 is 0 Å². The van der Waals surface area contributed by atoms with E-state index in [0.29, 0.717) is 10.7 Å². The van der Waals surface area contributed by atoms with Crippen LogP contribution in [0, 0.1) is 0 Å². The lowest BCUT2D eigenvalue weighted by atomic mass is 10.3. The summed E-state index contributed by atoms with van der Waals surface area (Å²) in [6.07, 6.45) is 1.62. The third-order valence-corrected chi connectivity index (χ3v) is 4.05. The Hall–Kier alpha value is -3.13. The fraction of sp³-hybridized carbons (Fsp3) is 0. The van der Waals surface area contributed by atoms with E-state index < -0.39 is 0 Å². The zero-order chi connectivity index (χ0) is 15.6. The van der Waals surface area contributed by atoms with Gasteiger partial charge in [0.2, 0.25) is 0 Å². The summed E-state index contributed by atoms with van der Waals surface area (Å²) < 4.78 is 6.34. The zero-order valence-electron chi connectivity index (χ0n) is 11.6. The van der Waals surface area contributed by atoms with Gasteiger partial charge >= 0.3 is 6.01 Å². The van der Waals surface area contributed by atoms with E-state index in [4.69, 9.17) is 4.42 Å². The topological polar surface area (TPSA) is 93.8 Å². The molecule has 0 saturated heterocycles. The van der Waals surface area contributed by atoms with Gasteiger partial charge in [0.05, 0.1) is 10.2 Å². The molecule has 0 aliphatic carbocycles. The predicted molar refractivity (Wildman–Crippen MR) is 85.1 cm³/mol. The van der Waals surface area contributed by atoms with Gasteiger partial charge in [-0.25, -0.2) is 4.98 Å². The fourth-order valence-corrected chi connectivity index (χ4v) is 2.85. The summed E-state index contributed by atoms with van der Waals surface area (Å²) >= 11 is 1.30. The van der Waals surface area contributed by atoms with Crippen LogP contribution in [0.25, 0.3) is 21.8 Å². The van der Waals surface area contributed by atoms with Crippen LogP contribution in [0.15, 0.2) is 53.1 Å². The lowest BCUT2D eigenvalue weighted by Crippen LogP contribution is -2.11. The molecule has 0 aliphatic heterocycles. The standard InChI is InChI=1S/C15H9N5O2S/c21-12(14-17-9-5-1-2-7-11(9)23-14)18-15-20-19-13(22-15)10-6-3-4-8-16-10/h1-8H,(H,18,20,21). The van der Waals surface area contributed by atoms with Gasteiger partial charge in [0.1, 0.15) is 5.69 Å². The van der Waals surface area contributed by atoms with Crippen molar-refractivity contribution in [3.05, 3.63) is 53.7 Å². The number of hydrogen-bond acceptors (Lipinski definition) is 7. The molecule has 3 aromatic heterocycles. The van der Waals surface area contributed by atoms with E-state index in [-0.39, 0.29) is 17.8 Å². The lowest BCUT2D eigenvalue weighted by molar-refractivity contribution is 0.102. The molecule has 8 heteroatoms. The van der Waals surface area contributed by atoms with Gasteiger partial charge in [0.15, 0.2) is 5.01 Å². The van der Waals surface area contributed by atoms with Crippen molar-refractivity contribution in [1.29, 1.82) is 0 Å². The minimum absolute atomic E-state index is 0.00918. The molecule has 0 unspecified atom stereocenters. The zero-order valence-corrected chi connectivity index (χ0v) is 12.4. The first-order chi connectivity index (χ1) is 11.3. The average Bonchev–Trinajstić information content (AvgIpc) is 3.22. The maximum absolute atomic E-state index is 12.2. The smallest absolute Gasteiger partial charge is 0.322 e. The molecule has 1 N–H and O–H groups in total. The van der Waals surface area contributed by atoms with Crippen molar-refractivity contribution in [2.24, 2.45) is 0 Å². The molecule has 4 rings (SSSR count). The number of carbonyl (C=O) groups excluding carboxylic acids is 1. The highest BCUT2D eigenvalue weighted by atomic mass is 32.1. The number of amides is 1. The van der Waals surface area contributed by atoms with Crippen molar-refractivity contribution >= 4 is 33.5 Å². The first kappa shape index (κ1) is 13.5. The molecule has 0 saturated carbocycles. The van der Waals surface area contributed by atoms with E-state index in [1.54, 1.807) is 18.3 Å². The maximum atomic E-state index is 12.2. The van der Waals surface area contributed by atoms with E-state index in [1.165, 1.54) is 11.3 Å². The molecule has 0 fully saturated rings.